The molecule has 13 heavy (non-hydrogen) atoms. The minimum Gasteiger partial charge on any atom is -0.0656 e. The summed E-state index contributed by atoms with van der Waals surface area (Å²) < 4.78 is 0. The summed E-state index contributed by atoms with van der Waals surface area (Å²) in [5, 5.41) is 0. The minimum absolute atomic E-state index is 1.04. The van der Waals surface area contributed by atoms with Gasteiger partial charge in [-0.2, -0.15) is 0 Å². The molecule has 1 aliphatic carbocycles. The van der Waals surface area contributed by atoms with E-state index in [1.54, 1.807) is 0 Å². The normalized spacial score (nSPS) is 17.3. The molecule has 80 valence electrons. The van der Waals surface area contributed by atoms with Crippen LogP contribution in [0.25, 0.3) is 0 Å². The van der Waals surface area contributed by atoms with Crippen molar-refractivity contribution in [2.45, 2.75) is 72.6 Å². The standard InChI is InChI=1S/C10H20.C3H8/c1-3-9(4-2)10-7-5-6-8-10;1-3-2/h9-10H,3-8H2,1-2H3;3H2,1-2H3. The minimum atomic E-state index is 1.04. The lowest BCUT2D eigenvalue weighted by atomic mass is 9.87. The Kier molecular flexibility index (Phi) is 8.59. The fourth-order valence-corrected chi connectivity index (χ4v) is 2.38. The number of rotatable bonds is 3. The van der Waals surface area contributed by atoms with Crippen LogP contribution in [-0.4, -0.2) is 0 Å². The summed E-state index contributed by atoms with van der Waals surface area (Å²) in [6.07, 6.45) is 10.1. The van der Waals surface area contributed by atoms with Gasteiger partial charge in [0, 0.05) is 0 Å². The Morgan fingerprint density at radius 2 is 1.31 bits per heavy atom. The third-order valence-corrected chi connectivity index (χ3v) is 3.12. The van der Waals surface area contributed by atoms with Crippen LogP contribution in [0.5, 0.6) is 0 Å². The van der Waals surface area contributed by atoms with Crippen molar-refractivity contribution in [2.75, 3.05) is 0 Å². The zero-order chi connectivity index (χ0) is 10.1. The van der Waals surface area contributed by atoms with Crippen molar-refractivity contribution >= 4 is 0 Å². The molecule has 0 radical (unpaired) electrons. The van der Waals surface area contributed by atoms with Crippen LogP contribution in [0.15, 0.2) is 0 Å². The fraction of sp³-hybridized carbons (Fsp3) is 1.00. The SMILES string of the molecule is CCC.CCC(CC)C1CCCC1. The first kappa shape index (κ1) is 13.0. The Morgan fingerprint density at radius 3 is 1.62 bits per heavy atom. The van der Waals surface area contributed by atoms with Crippen LogP contribution >= 0.6 is 0 Å². The van der Waals surface area contributed by atoms with E-state index in [-0.39, 0.29) is 0 Å². The second-order valence-corrected chi connectivity index (χ2v) is 4.33. The highest BCUT2D eigenvalue weighted by Gasteiger charge is 2.21. The van der Waals surface area contributed by atoms with E-state index < -0.39 is 0 Å². The van der Waals surface area contributed by atoms with Crippen LogP contribution in [0.1, 0.15) is 72.6 Å². The lowest BCUT2D eigenvalue weighted by Crippen LogP contribution is -2.08. The molecule has 0 bridgehead atoms. The second-order valence-electron chi connectivity index (χ2n) is 4.33. The van der Waals surface area contributed by atoms with Crippen molar-refractivity contribution in [3.05, 3.63) is 0 Å². The highest BCUT2D eigenvalue weighted by Crippen LogP contribution is 2.34. The molecule has 0 amide bonds. The smallest absolute Gasteiger partial charge is 0.0386 e. The highest BCUT2D eigenvalue weighted by atomic mass is 14.3. The summed E-state index contributed by atoms with van der Waals surface area (Å²) in [6.45, 7) is 8.93. The molecule has 0 nitrogen and oxygen atoms in total. The summed E-state index contributed by atoms with van der Waals surface area (Å²) in [6, 6.07) is 0. The Balaban J connectivity index is 0.000000424. The van der Waals surface area contributed by atoms with Gasteiger partial charge in [0.15, 0.2) is 0 Å². The predicted octanol–water partition coefficient (Wildman–Crippen LogP) is 5.03. The average Bonchev–Trinajstić information content (AvgIpc) is 2.61. The molecule has 0 N–H and O–H groups in total. The van der Waals surface area contributed by atoms with Gasteiger partial charge in [0.1, 0.15) is 0 Å². The molecule has 1 aliphatic rings. The van der Waals surface area contributed by atoms with Gasteiger partial charge in [-0.3, -0.25) is 0 Å². The lowest BCUT2D eigenvalue weighted by Gasteiger charge is -2.19. The molecule has 0 aromatic rings. The Morgan fingerprint density at radius 1 is 0.923 bits per heavy atom. The van der Waals surface area contributed by atoms with E-state index >= 15 is 0 Å². The molecule has 0 heterocycles. The maximum Gasteiger partial charge on any atom is -0.0386 e. The van der Waals surface area contributed by atoms with Gasteiger partial charge in [-0.15, -0.1) is 0 Å². The molecule has 0 saturated heterocycles. The first-order chi connectivity index (χ1) is 6.29. The predicted molar refractivity (Wildman–Crippen MR) is 62.0 cm³/mol. The van der Waals surface area contributed by atoms with Crippen molar-refractivity contribution in [2.24, 2.45) is 11.8 Å². The van der Waals surface area contributed by atoms with Crippen molar-refractivity contribution in [1.29, 1.82) is 0 Å². The first-order valence-electron chi connectivity index (χ1n) is 6.29. The molecular weight excluding hydrogens is 156 g/mol. The molecule has 0 aromatic carbocycles. The van der Waals surface area contributed by atoms with Gasteiger partial charge in [0.2, 0.25) is 0 Å². The summed E-state index contributed by atoms with van der Waals surface area (Å²) in [5.74, 6) is 2.14. The summed E-state index contributed by atoms with van der Waals surface area (Å²) in [4.78, 5) is 0. The molecule has 1 rings (SSSR count). The van der Waals surface area contributed by atoms with E-state index in [4.69, 9.17) is 0 Å². The molecule has 1 saturated carbocycles. The lowest BCUT2D eigenvalue weighted by molar-refractivity contribution is 0.320. The molecule has 0 unspecified atom stereocenters. The van der Waals surface area contributed by atoms with Crippen LogP contribution < -0.4 is 0 Å². The third-order valence-electron chi connectivity index (χ3n) is 3.12. The van der Waals surface area contributed by atoms with E-state index in [2.05, 4.69) is 27.7 Å². The number of hydrogen-bond donors (Lipinski definition) is 0. The van der Waals surface area contributed by atoms with Crippen LogP contribution in [-0.2, 0) is 0 Å². The maximum atomic E-state index is 2.34. The van der Waals surface area contributed by atoms with Crippen molar-refractivity contribution in [3.63, 3.8) is 0 Å². The maximum absolute atomic E-state index is 2.34. The summed E-state index contributed by atoms with van der Waals surface area (Å²) in [7, 11) is 0. The second kappa shape index (κ2) is 8.59. The zero-order valence-corrected chi connectivity index (χ0v) is 10.1. The third kappa shape index (κ3) is 5.33. The average molecular weight is 184 g/mol. The quantitative estimate of drug-likeness (QED) is 0.577. The van der Waals surface area contributed by atoms with Crippen LogP contribution in [0.4, 0.5) is 0 Å². The van der Waals surface area contributed by atoms with Gasteiger partial charge in [0.25, 0.3) is 0 Å². The molecule has 1 fully saturated rings. The molecule has 0 atom stereocenters. The van der Waals surface area contributed by atoms with E-state index in [0.29, 0.717) is 0 Å². The van der Waals surface area contributed by atoms with Gasteiger partial charge in [0.05, 0.1) is 0 Å². The molecule has 0 heteroatoms. The number of hydrogen-bond acceptors (Lipinski definition) is 0. The van der Waals surface area contributed by atoms with Gasteiger partial charge in [-0.05, 0) is 11.8 Å². The van der Waals surface area contributed by atoms with Gasteiger partial charge < -0.3 is 0 Å². The van der Waals surface area contributed by atoms with Gasteiger partial charge >= 0.3 is 0 Å². The largest absolute Gasteiger partial charge is 0.0656 e. The topological polar surface area (TPSA) is 0 Å². The zero-order valence-electron chi connectivity index (χ0n) is 10.1. The van der Waals surface area contributed by atoms with Crippen molar-refractivity contribution < 1.29 is 0 Å². The van der Waals surface area contributed by atoms with Crippen molar-refractivity contribution in [1.82, 2.24) is 0 Å². The van der Waals surface area contributed by atoms with E-state index in [0.717, 1.165) is 11.8 Å². The fourth-order valence-electron chi connectivity index (χ4n) is 2.38. The molecule has 0 aromatic heterocycles. The Hall–Kier alpha value is 0. The Bertz CT molecular complexity index is 86.2. The Labute approximate surface area is 85.1 Å². The highest BCUT2D eigenvalue weighted by molar-refractivity contribution is 4.73. The van der Waals surface area contributed by atoms with Gasteiger partial charge in [-0.25, -0.2) is 0 Å². The van der Waals surface area contributed by atoms with Crippen LogP contribution in [0.2, 0.25) is 0 Å². The van der Waals surface area contributed by atoms with E-state index in [9.17, 15) is 0 Å². The molecular formula is C13H28. The van der Waals surface area contributed by atoms with E-state index in [1.807, 2.05) is 0 Å². The summed E-state index contributed by atoms with van der Waals surface area (Å²) >= 11 is 0. The molecule has 0 spiro atoms. The van der Waals surface area contributed by atoms with Crippen LogP contribution in [0.3, 0.4) is 0 Å². The van der Waals surface area contributed by atoms with Crippen LogP contribution in [0, 0.1) is 11.8 Å². The van der Waals surface area contributed by atoms with Crippen molar-refractivity contribution in [3.8, 4) is 0 Å². The monoisotopic (exact) mass is 184 g/mol. The summed E-state index contributed by atoms with van der Waals surface area (Å²) in [5.41, 5.74) is 0. The van der Waals surface area contributed by atoms with E-state index in [1.165, 1.54) is 44.9 Å². The molecule has 0 aliphatic heterocycles. The first-order valence-corrected chi connectivity index (χ1v) is 6.29. The van der Waals surface area contributed by atoms with Gasteiger partial charge in [-0.1, -0.05) is 72.6 Å².